The van der Waals surface area contributed by atoms with E-state index in [4.69, 9.17) is 10.5 Å². The molecule has 118 valence electrons. The second kappa shape index (κ2) is 8.26. The molecule has 1 heterocycles. The van der Waals surface area contributed by atoms with Crippen molar-refractivity contribution in [2.45, 2.75) is 31.5 Å². The van der Waals surface area contributed by atoms with Crippen LogP contribution in [0.25, 0.3) is 0 Å². The fraction of sp³-hybridized carbons (Fsp3) is 0.500. The smallest absolute Gasteiger partial charge is 0.249 e. The molecule has 4 nitrogen and oxygen atoms in total. The van der Waals surface area contributed by atoms with Gasteiger partial charge in [0.15, 0.2) is 0 Å². The van der Waals surface area contributed by atoms with Gasteiger partial charge in [-0.2, -0.15) is 0 Å². The molecule has 21 heavy (non-hydrogen) atoms. The summed E-state index contributed by atoms with van der Waals surface area (Å²) in [4.78, 5) is 11.8. The molecule has 3 N–H and O–H groups in total. The predicted molar refractivity (Wildman–Crippen MR) is 77.3 cm³/mol. The Labute approximate surface area is 128 Å². The van der Waals surface area contributed by atoms with Crippen LogP contribution >= 0.6 is 12.4 Å². The Morgan fingerprint density at radius 2 is 2.14 bits per heavy atom. The van der Waals surface area contributed by atoms with Crippen LogP contribution in [-0.4, -0.2) is 31.2 Å². The average Bonchev–Trinajstić information content (AvgIpc) is 2.91. The van der Waals surface area contributed by atoms with E-state index in [1.54, 1.807) is 0 Å². The molecule has 2 rings (SSSR count). The molecular formula is C14H19ClF2N2O2. The van der Waals surface area contributed by atoms with Crippen LogP contribution in [0, 0.1) is 11.6 Å². The lowest BCUT2D eigenvalue weighted by Crippen LogP contribution is -2.36. The Balaban J connectivity index is 0.00000220. The van der Waals surface area contributed by atoms with E-state index in [0.29, 0.717) is 13.0 Å². The monoisotopic (exact) mass is 320 g/mol. The number of ether oxygens (including phenoxy) is 1. The quantitative estimate of drug-likeness (QED) is 0.865. The summed E-state index contributed by atoms with van der Waals surface area (Å²) in [6.45, 7) is 0.643. The molecule has 1 fully saturated rings. The van der Waals surface area contributed by atoms with E-state index in [0.717, 1.165) is 24.6 Å². The second-order valence-electron chi connectivity index (χ2n) is 4.84. The van der Waals surface area contributed by atoms with Gasteiger partial charge in [-0.15, -0.1) is 12.4 Å². The molecule has 1 aromatic rings. The molecule has 0 radical (unpaired) electrons. The van der Waals surface area contributed by atoms with Gasteiger partial charge in [-0.05, 0) is 43.0 Å². The number of carbonyl (C=O) groups excluding carboxylic acids is 1. The topological polar surface area (TPSA) is 64.4 Å². The normalized spacial score (nSPS) is 20.9. The first-order valence-electron chi connectivity index (χ1n) is 6.67. The van der Waals surface area contributed by atoms with Crippen LogP contribution in [0.2, 0.25) is 0 Å². The maximum absolute atomic E-state index is 13.4. The zero-order valence-electron chi connectivity index (χ0n) is 11.5. The van der Waals surface area contributed by atoms with E-state index in [1.807, 2.05) is 0 Å². The lowest BCUT2D eigenvalue weighted by atomic mass is 10.1. The standard InChI is InChI=1S/C14H18F2N2O2.ClH/c15-10-1-3-12(16)9(7-10)5-6-18-14(19)13-4-2-11(8-17)20-13;/h1,3,7,11,13H,2,4-6,8,17H2,(H,18,19);1H/t11-,13+;/m1./s1. The van der Waals surface area contributed by atoms with Crippen LogP contribution in [-0.2, 0) is 16.0 Å². The van der Waals surface area contributed by atoms with Gasteiger partial charge in [-0.25, -0.2) is 8.78 Å². The van der Waals surface area contributed by atoms with Crippen molar-refractivity contribution in [3.63, 3.8) is 0 Å². The van der Waals surface area contributed by atoms with Gasteiger partial charge in [-0.3, -0.25) is 4.79 Å². The molecule has 0 spiro atoms. The van der Waals surface area contributed by atoms with E-state index in [2.05, 4.69) is 5.32 Å². The molecule has 2 atom stereocenters. The highest BCUT2D eigenvalue weighted by atomic mass is 35.5. The van der Waals surface area contributed by atoms with Crippen LogP contribution in [0.5, 0.6) is 0 Å². The summed E-state index contributed by atoms with van der Waals surface area (Å²) in [6, 6.07) is 3.28. The Bertz CT molecular complexity index is 488. The van der Waals surface area contributed by atoms with E-state index < -0.39 is 17.7 Å². The molecule has 1 saturated heterocycles. The average molecular weight is 321 g/mol. The fourth-order valence-corrected chi connectivity index (χ4v) is 2.24. The minimum Gasteiger partial charge on any atom is -0.364 e. The van der Waals surface area contributed by atoms with Crippen molar-refractivity contribution in [2.24, 2.45) is 5.73 Å². The molecule has 0 aromatic heterocycles. The largest absolute Gasteiger partial charge is 0.364 e. The first kappa shape index (κ1) is 17.8. The Hall–Kier alpha value is -1.24. The minimum absolute atomic E-state index is 0. The number of rotatable bonds is 5. The van der Waals surface area contributed by atoms with E-state index in [-0.39, 0.29) is 42.9 Å². The molecule has 0 aliphatic carbocycles. The zero-order valence-corrected chi connectivity index (χ0v) is 12.3. The molecule has 1 aromatic carbocycles. The van der Waals surface area contributed by atoms with Crippen molar-refractivity contribution >= 4 is 18.3 Å². The van der Waals surface area contributed by atoms with Gasteiger partial charge in [0.1, 0.15) is 17.7 Å². The number of nitrogens with two attached hydrogens (primary N) is 1. The maximum atomic E-state index is 13.4. The zero-order chi connectivity index (χ0) is 14.5. The lowest BCUT2D eigenvalue weighted by molar-refractivity contribution is -0.131. The molecular weight excluding hydrogens is 302 g/mol. The number of benzene rings is 1. The Morgan fingerprint density at radius 1 is 1.38 bits per heavy atom. The Morgan fingerprint density at radius 3 is 2.81 bits per heavy atom. The van der Waals surface area contributed by atoms with Crippen molar-refractivity contribution in [2.75, 3.05) is 13.1 Å². The summed E-state index contributed by atoms with van der Waals surface area (Å²) in [6.07, 6.45) is 1.10. The number of halogens is 3. The third-order valence-electron chi connectivity index (χ3n) is 3.36. The van der Waals surface area contributed by atoms with Crippen molar-refractivity contribution in [1.82, 2.24) is 5.32 Å². The van der Waals surface area contributed by atoms with Gasteiger partial charge in [0.25, 0.3) is 0 Å². The predicted octanol–water partition coefficient (Wildman–Crippen LogP) is 1.55. The molecule has 1 aliphatic heterocycles. The highest BCUT2D eigenvalue weighted by Crippen LogP contribution is 2.18. The van der Waals surface area contributed by atoms with Gasteiger partial charge in [-0.1, -0.05) is 0 Å². The summed E-state index contributed by atoms with van der Waals surface area (Å²) in [5, 5.41) is 2.67. The van der Waals surface area contributed by atoms with Gasteiger partial charge >= 0.3 is 0 Å². The number of carbonyl (C=O) groups is 1. The van der Waals surface area contributed by atoms with Crippen molar-refractivity contribution in [1.29, 1.82) is 0 Å². The lowest BCUT2D eigenvalue weighted by Gasteiger charge is -2.12. The maximum Gasteiger partial charge on any atom is 0.249 e. The first-order valence-corrected chi connectivity index (χ1v) is 6.67. The fourth-order valence-electron chi connectivity index (χ4n) is 2.24. The first-order chi connectivity index (χ1) is 9.60. The molecule has 1 aliphatic rings. The third-order valence-corrected chi connectivity index (χ3v) is 3.36. The highest BCUT2D eigenvalue weighted by Gasteiger charge is 2.29. The SMILES string of the molecule is Cl.NC[C@H]1CC[C@@H](C(=O)NCCc2cc(F)ccc2F)O1. The van der Waals surface area contributed by atoms with E-state index in [9.17, 15) is 13.6 Å². The summed E-state index contributed by atoms with van der Waals surface area (Å²) < 4.78 is 31.8. The second-order valence-corrected chi connectivity index (χ2v) is 4.84. The minimum atomic E-state index is -0.488. The van der Waals surface area contributed by atoms with Crippen LogP contribution in [0.3, 0.4) is 0 Å². The molecule has 7 heteroatoms. The molecule has 0 unspecified atom stereocenters. The summed E-state index contributed by atoms with van der Waals surface area (Å²) in [7, 11) is 0. The van der Waals surface area contributed by atoms with Gasteiger partial charge in [0.2, 0.25) is 5.91 Å². The van der Waals surface area contributed by atoms with Crippen LogP contribution in [0.4, 0.5) is 8.78 Å². The van der Waals surface area contributed by atoms with E-state index >= 15 is 0 Å². The number of hydrogen-bond donors (Lipinski definition) is 2. The summed E-state index contributed by atoms with van der Waals surface area (Å²) >= 11 is 0. The summed E-state index contributed by atoms with van der Waals surface area (Å²) in [5.74, 6) is -1.18. The molecule has 0 bridgehead atoms. The number of nitrogens with one attached hydrogen (secondary N) is 1. The number of amides is 1. The van der Waals surface area contributed by atoms with Crippen molar-refractivity contribution in [3.05, 3.63) is 35.4 Å². The highest BCUT2D eigenvalue weighted by molar-refractivity contribution is 5.85. The molecule has 1 amide bonds. The van der Waals surface area contributed by atoms with Crippen molar-refractivity contribution < 1.29 is 18.3 Å². The van der Waals surface area contributed by atoms with Crippen molar-refractivity contribution in [3.8, 4) is 0 Å². The van der Waals surface area contributed by atoms with Crippen LogP contribution in [0.15, 0.2) is 18.2 Å². The van der Waals surface area contributed by atoms with Crippen LogP contribution < -0.4 is 11.1 Å². The van der Waals surface area contributed by atoms with Gasteiger partial charge in [0.05, 0.1) is 6.10 Å². The Kier molecular flexibility index (Phi) is 7.01. The van der Waals surface area contributed by atoms with Gasteiger partial charge < -0.3 is 15.8 Å². The number of hydrogen-bond acceptors (Lipinski definition) is 3. The van der Waals surface area contributed by atoms with Gasteiger partial charge in [0, 0.05) is 13.1 Å². The third kappa shape index (κ3) is 4.91. The van der Waals surface area contributed by atoms with Crippen LogP contribution in [0.1, 0.15) is 18.4 Å². The summed E-state index contributed by atoms with van der Waals surface area (Å²) in [5.41, 5.74) is 5.72. The van der Waals surface area contributed by atoms with E-state index in [1.165, 1.54) is 0 Å². The molecule has 0 saturated carbocycles.